The number of methoxy groups -OCH3 is 1. The Hall–Kier alpha value is -1.79. The van der Waals surface area contributed by atoms with Crippen LogP contribution in [-0.4, -0.2) is 44.1 Å². The van der Waals surface area contributed by atoms with Crippen molar-refractivity contribution in [2.45, 2.75) is 70.3 Å². The Morgan fingerprint density at radius 1 is 1.10 bits per heavy atom. The van der Waals surface area contributed by atoms with Crippen LogP contribution in [-0.2, 0) is 14.3 Å². The smallest absolute Gasteiger partial charge is 0.328 e. The first-order chi connectivity index (χ1) is 15.0. The van der Waals surface area contributed by atoms with Crippen LogP contribution in [0.5, 0.6) is 0 Å². The molecule has 1 aliphatic heterocycles. The van der Waals surface area contributed by atoms with Crippen molar-refractivity contribution < 1.29 is 19.1 Å². The summed E-state index contributed by atoms with van der Waals surface area (Å²) in [7, 11) is 1.31. The lowest BCUT2D eigenvalue weighted by atomic mass is 10.0. The summed E-state index contributed by atoms with van der Waals surface area (Å²) < 4.78 is 10.4. The molecule has 0 spiro atoms. The van der Waals surface area contributed by atoms with Crippen LogP contribution < -0.4 is 5.32 Å². The van der Waals surface area contributed by atoms with Gasteiger partial charge in [0, 0.05) is 19.4 Å². The number of carbonyl (C=O) groups is 2. The van der Waals surface area contributed by atoms with E-state index in [1.165, 1.54) is 20.0 Å². The Balaban J connectivity index is 1.64. The van der Waals surface area contributed by atoms with Gasteiger partial charge in [-0.15, -0.1) is 0 Å². The van der Waals surface area contributed by atoms with Gasteiger partial charge in [-0.3, -0.25) is 9.79 Å². The van der Waals surface area contributed by atoms with Crippen LogP contribution in [0.15, 0.2) is 23.2 Å². The van der Waals surface area contributed by atoms with E-state index in [-0.39, 0.29) is 15.6 Å². The van der Waals surface area contributed by atoms with Gasteiger partial charge in [0.2, 0.25) is 0 Å². The Bertz CT molecular complexity index is 735. The minimum atomic E-state index is -0.721. The lowest BCUT2D eigenvalue weighted by Crippen LogP contribution is -2.41. The summed E-state index contributed by atoms with van der Waals surface area (Å²) in [5.41, 5.74) is 0.171. The van der Waals surface area contributed by atoms with Gasteiger partial charge in [0.15, 0.2) is 5.90 Å². The second-order valence-corrected chi connectivity index (χ2v) is 8.45. The van der Waals surface area contributed by atoms with Gasteiger partial charge < -0.3 is 14.8 Å². The molecule has 172 valence electrons. The molecule has 6 nitrogen and oxygen atoms in total. The van der Waals surface area contributed by atoms with Gasteiger partial charge in [0.05, 0.1) is 29.3 Å². The highest BCUT2D eigenvalue weighted by Crippen LogP contribution is 2.24. The van der Waals surface area contributed by atoms with Crippen molar-refractivity contribution in [2.24, 2.45) is 4.99 Å². The average molecular weight is 471 g/mol. The first kappa shape index (κ1) is 25.5. The highest BCUT2D eigenvalue weighted by molar-refractivity contribution is 6.39. The van der Waals surface area contributed by atoms with E-state index >= 15 is 0 Å². The zero-order valence-electron chi connectivity index (χ0n) is 18.1. The number of carbonyl (C=O) groups excluding carboxylic acids is 2. The van der Waals surface area contributed by atoms with Crippen LogP contribution in [0.1, 0.15) is 74.6 Å². The van der Waals surface area contributed by atoms with Crippen molar-refractivity contribution in [3.63, 3.8) is 0 Å². The van der Waals surface area contributed by atoms with Crippen molar-refractivity contribution in [2.75, 3.05) is 20.3 Å². The summed E-state index contributed by atoms with van der Waals surface area (Å²) in [6, 6.07) is 4.12. The third-order valence-corrected chi connectivity index (χ3v) is 5.85. The van der Waals surface area contributed by atoms with E-state index in [9.17, 15) is 9.59 Å². The largest absolute Gasteiger partial charge is 0.481 e. The van der Waals surface area contributed by atoms with Crippen LogP contribution in [0.25, 0.3) is 0 Å². The second-order valence-electron chi connectivity index (χ2n) is 7.64. The standard InChI is InChI=1S/C23H32Cl2N2O4/c1-30-23(29)19(27-22(28)21-17(24)11-9-12-18(21)25)13-7-5-3-2-4-6-8-14-20-26-15-10-16-31-20/h9,11-12,19H,2-8,10,13-16H2,1H3,(H,27,28)/t19-/m0/s1. The molecular weight excluding hydrogens is 439 g/mol. The van der Waals surface area contributed by atoms with E-state index in [4.69, 9.17) is 32.7 Å². The molecule has 1 amide bonds. The Labute approximate surface area is 194 Å². The maximum Gasteiger partial charge on any atom is 0.328 e. The zero-order chi connectivity index (χ0) is 22.5. The molecule has 0 unspecified atom stereocenters. The van der Waals surface area contributed by atoms with E-state index in [1.807, 2.05) is 0 Å². The van der Waals surface area contributed by atoms with Gasteiger partial charge in [-0.2, -0.15) is 0 Å². The van der Waals surface area contributed by atoms with Crippen LogP contribution in [0.3, 0.4) is 0 Å². The molecule has 31 heavy (non-hydrogen) atoms. The minimum absolute atomic E-state index is 0.171. The molecule has 1 N–H and O–H groups in total. The number of nitrogens with one attached hydrogen (secondary N) is 1. The van der Waals surface area contributed by atoms with Crippen LogP contribution in [0.4, 0.5) is 0 Å². The van der Waals surface area contributed by atoms with Gasteiger partial charge in [-0.25, -0.2) is 4.79 Å². The second kappa shape index (κ2) is 14.3. The Morgan fingerprint density at radius 2 is 1.74 bits per heavy atom. The van der Waals surface area contributed by atoms with Crippen molar-refractivity contribution in [1.29, 1.82) is 0 Å². The van der Waals surface area contributed by atoms with Crippen molar-refractivity contribution >= 4 is 41.0 Å². The van der Waals surface area contributed by atoms with Gasteiger partial charge in [-0.1, -0.05) is 67.8 Å². The molecule has 1 heterocycles. The highest BCUT2D eigenvalue weighted by Gasteiger charge is 2.24. The molecular formula is C23H32Cl2N2O4. The molecule has 0 aromatic heterocycles. The molecule has 0 bridgehead atoms. The third-order valence-electron chi connectivity index (χ3n) is 5.22. The molecule has 0 fully saturated rings. The van der Waals surface area contributed by atoms with Gasteiger partial charge >= 0.3 is 5.97 Å². The highest BCUT2D eigenvalue weighted by atomic mass is 35.5. The van der Waals surface area contributed by atoms with E-state index in [1.54, 1.807) is 18.2 Å². The fraction of sp³-hybridized carbons (Fsp3) is 0.609. The molecule has 0 saturated heterocycles. The average Bonchev–Trinajstić information content (AvgIpc) is 2.77. The lowest BCUT2D eigenvalue weighted by molar-refractivity contribution is -0.143. The third kappa shape index (κ3) is 9.08. The Kier molecular flexibility index (Phi) is 11.8. The number of halogens is 2. The zero-order valence-corrected chi connectivity index (χ0v) is 19.6. The maximum absolute atomic E-state index is 12.6. The predicted octanol–water partition coefficient (Wildman–Crippen LogP) is 5.59. The first-order valence-electron chi connectivity index (χ1n) is 11.0. The molecule has 1 aromatic carbocycles. The summed E-state index contributed by atoms with van der Waals surface area (Å²) in [5, 5.41) is 3.20. The normalized spacial score (nSPS) is 14.4. The van der Waals surface area contributed by atoms with Crippen molar-refractivity contribution in [3.05, 3.63) is 33.8 Å². The van der Waals surface area contributed by atoms with Gasteiger partial charge in [0.1, 0.15) is 6.04 Å². The molecule has 1 aromatic rings. The van der Waals surface area contributed by atoms with E-state index in [0.29, 0.717) is 6.42 Å². The molecule has 2 rings (SSSR count). The quantitative estimate of drug-likeness (QED) is 0.300. The summed E-state index contributed by atoms with van der Waals surface area (Å²) in [6.07, 6.45) is 9.99. The number of aliphatic imine (C=N–C) groups is 1. The van der Waals surface area contributed by atoms with Crippen molar-refractivity contribution in [3.8, 4) is 0 Å². The molecule has 0 saturated carbocycles. The molecule has 1 atom stereocenters. The number of nitrogens with zero attached hydrogens (tertiary/aromatic N) is 1. The van der Waals surface area contributed by atoms with E-state index in [0.717, 1.165) is 64.0 Å². The maximum atomic E-state index is 12.6. The predicted molar refractivity (Wildman–Crippen MR) is 124 cm³/mol. The van der Waals surface area contributed by atoms with Crippen molar-refractivity contribution in [1.82, 2.24) is 5.32 Å². The Morgan fingerprint density at radius 3 is 2.35 bits per heavy atom. The number of amides is 1. The molecule has 8 heteroatoms. The fourth-order valence-electron chi connectivity index (χ4n) is 3.50. The fourth-order valence-corrected chi connectivity index (χ4v) is 4.07. The van der Waals surface area contributed by atoms with Crippen LogP contribution >= 0.6 is 23.2 Å². The number of hydrogen-bond acceptors (Lipinski definition) is 5. The SMILES string of the molecule is COC(=O)[C@H](CCCCCCCCCC1=NCCCO1)NC(=O)c1c(Cl)cccc1Cl. The monoisotopic (exact) mass is 470 g/mol. The minimum Gasteiger partial charge on any atom is -0.481 e. The summed E-state index contributed by atoms with van der Waals surface area (Å²) in [6.45, 7) is 1.70. The number of hydrogen-bond donors (Lipinski definition) is 1. The number of ether oxygens (including phenoxy) is 2. The lowest BCUT2D eigenvalue weighted by Gasteiger charge is -2.17. The first-order valence-corrected chi connectivity index (χ1v) is 11.8. The van der Waals surface area contributed by atoms with E-state index < -0.39 is 17.9 Å². The summed E-state index contributed by atoms with van der Waals surface area (Å²) >= 11 is 12.2. The van der Waals surface area contributed by atoms with E-state index in [2.05, 4.69) is 10.3 Å². The number of benzene rings is 1. The summed E-state index contributed by atoms with van der Waals surface area (Å²) in [5.74, 6) is -0.0258. The van der Waals surface area contributed by atoms with Crippen LogP contribution in [0.2, 0.25) is 10.0 Å². The number of esters is 1. The molecule has 0 aliphatic carbocycles. The number of rotatable bonds is 13. The van der Waals surface area contributed by atoms with Crippen LogP contribution in [0, 0.1) is 0 Å². The topological polar surface area (TPSA) is 77.0 Å². The summed E-state index contributed by atoms with van der Waals surface area (Å²) in [4.78, 5) is 29.0. The van der Waals surface area contributed by atoms with Gasteiger partial charge in [-0.05, 0) is 25.0 Å². The number of unbranched alkanes of at least 4 members (excludes halogenated alkanes) is 6. The van der Waals surface area contributed by atoms with Gasteiger partial charge in [0.25, 0.3) is 5.91 Å². The molecule has 0 radical (unpaired) electrons. The molecule has 1 aliphatic rings.